The Bertz CT molecular complexity index is 1070. The maximum absolute atomic E-state index is 13.4. The molecular formula is C25H24FN3O2S. The molecule has 4 rings (SSSR count). The lowest BCUT2D eigenvalue weighted by Gasteiger charge is -2.30. The number of piperidine rings is 1. The van der Waals surface area contributed by atoms with E-state index in [1.807, 2.05) is 18.2 Å². The van der Waals surface area contributed by atoms with Crippen molar-refractivity contribution in [3.05, 3.63) is 76.6 Å². The van der Waals surface area contributed by atoms with Crippen LogP contribution in [0.5, 0.6) is 0 Å². The molecule has 2 aliphatic heterocycles. The highest BCUT2D eigenvalue weighted by Gasteiger charge is 2.41. The predicted octanol–water partition coefficient (Wildman–Crippen LogP) is 4.51. The third-order valence-electron chi connectivity index (χ3n) is 5.91. The van der Waals surface area contributed by atoms with Crippen molar-refractivity contribution >= 4 is 29.3 Å². The van der Waals surface area contributed by atoms with Gasteiger partial charge in [0.05, 0.1) is 5.25 Å². The monoisotopic (exact) mass is 449 g/mol. The Balaban J connectivity index is 1.69. The maximum atomic E-state index is 13.4. The lowest BCUT2D eigenvalue weighted by Crippen LogP contribution is -2.39. The molecular weight excluding hydrogens is 425 g/mol. The number of nitrogens with zero attached hydrogens (tertiary/aromatic N) is 3. The number of carbonyl (C=O) groups is 2. The second kappa shape index (κ2) is 9.58. The van der Waals surface area contributed by atoms with E-state index in [2.05, 4.69) is 13.0 Å². The fourth-order valence-electron chi connectivity index (χ4n) is 3.99. The minimum Gasteiger partial charge on any atom is -0.338 e. The highest BCUT2D eigenvalue weighted by atomic mass is 32.2. The van der Waals surface area contributed by atoms with Crippen molar-refractivity contribution in [3.8, 4) is 6.07 Å². The molecule has 0 aromatic heterocycles. The number of hydrogen-bond acceptors (Lipinski definition) is 4. The summed E-state index contributed by atoms with van der Waals surface area (Å²) >= 11 is 1.24. The topological polar surface area (TPSA) is 64.4 Å². The number of carbonyl (C=O) groups excluding carboxylic acids is 2. The van der Waals surface area contributed by atoms with Gasteiger partial charge in [0.2, 0.25) is 5.91 Å². The predicted molar refractivity (Wildman–Crippen MR) is 123 cm³/mol. The Labute approximate surface area is 191 Å². The number of amides is 2. The summed E-state index contributed by atoms with van der Waals surface area (Å²) in [5.41, 5.74) is 1.44. The summed E-state index contributed by atoms with van der Waals surface area (Å²) in [4.78, 5) is 29.9. The molecule has 1 unspecified atom stereocenters. The summed E-state index contributed by atoms with van der Waals surface area (Å²) in [6, 6.07) is 17.2. The fraction of sp³-hybridized carbons (Fsp3) is 0.320. The van der Waals surface area contributed by atoms with E-state index >= 15 is 0 Å². The van der Waals surface area contributed by atoms with E-state index in [1.54, 1.807) is 29.2 Å². The standard InChI is InChI=1S/C25H24FN3O2S/c1-17-11-13-28(14-12-17)23(30)21(16-27)25-29(20-5-3-2-4-6-20)24(31)22(32-25)15-18-7-9-19(26)10-8-18/h2-10,17,22H,11-15H2,1H3. The van der Waals surface area contributed by atoms with Crippen LogP contribution in [0.25, 0.3) is 0 Å². The summed E-state index contributed by atoms with van der Waals surface area (Å²) in [7, 11) is 0. The zero-order valence-electron chi connectivity index (χ0n) is 17.8. The number of likely N-dealkylation sites (tertiary alicyclic amines) is 1. The van der Waals surface area contributed by atoms with Crippen molar-refractivity contribution in [2.45, 2.75) is 31.4 Å². The molecule has 0 N–H and O–H groups in total. The summed E-state index contributed by atoms with van der Waals surface area (Å²) in [5, 5.41) is 9.82. The van der Waals surface area contributed by atoms with Crippen molar-refractivity contribution in [2.75, 3.05) is 18.0 Å². The molecule has 0 spiro atoms. The first-order valence-corrected chi connectivity index (χ1v) is 11.6. The Morgan fingerprint density at radius 3 is 2.41 bits per heavy atom. The van der Waals surface area contributed by atoms with Gasteiger partial charge in [-0.25, -0.2) is 4.39 Å². The molecule has 0 radical (unpaired) electrons. The largest absolute Gasteiger partial charge is 0.338 e. The fourth-order valence-corrected chi connectivity index (χ4v) is 5.30. The van der Waals surface area contributed by atoms with Crippen LogP contribution in [-0.2, 0) is 16.0 Å². The van der Waals surface area contributed by atoms with E-state index < -0.39 is 5.25 Å². The molecule has 2 aromatic carbocycles. The number of benzene rings is 2. The van der Waals surface area contributed by atoms with Gasteiger partial charge in [0.15, 0.2) is 0 Å². The number of anilines is 1. The van der Waals surface area contributed by atoms with E-state index in [9.17, 15) is 19.2 Å². The first kappa shape index (κ1) is 22.1. The molecule has 2 aliphatic rings. The van der Waals surface area contributed by atoms with Gasteiger partial charge < -0.3 is 4.90 Å². The van der Waals surface area contributed by atoms with Crippen LogP contribution >= 0.6 is 11.8 Å². The van der Waals surface area contributed by atoms with Crippen LogP contribution in [0.4, 0.5) is 10.1 Å². The Morgan fingerprint density at radius 1 is 1.12 bits per heavy atom. The van der Waals surface area contributed by atoms with Crippen LogP contribution in [0.1, 0.15) is 25.3 Å². The zero-order valence-corrected chi connectivity index (χ0v) is 18.6. The number of para-hydroxylation sites is 1. The third-order valence-corrected chi connectivity index (χ3v) is 7.17. The molecule has 164 valence electrons. The van der Waals surface area contributed by atoms with Crippen LogP contribution in [-0.4, -0.2) is 35.1 Å². The smallest absolute Gasteiger partial charge is 0.267 e. The quantitative estimate of drug-likeness (QED) is 0.509. The summed E-state index contributed by atoms with van der Waals surface area (Å²) < 4.78 is 13.3. The van der Waals surface area contributed by atoms with Crippen LogP contribution in [0.3, 0.4) is 0 Å². The van der Waals surface area contributed by atoms with Crippen LogP contribution in [0, 0.1) is 23.1 Å². The van der Waals surface area contributed by atoms with Gasteiger partial charge in [-0.1, -0.05) is 49.0 Å². The minimum atomic E-state index is -0.506. The van der Waals surface area contributed by atoms with Crippen molar-refractivity contribution in [1.29, 1.82) is 5.26 Å². The van der Waals surface area contributed by atoms with E-state index in [-0.39, 0.29) is 23.2 Å². The molecule has 0 bridgehead atoms. The number of rotatable bonds is 4. The number of hydrogen-bond donors (Lipinski definition) is 0. The SMILES string of the molecule is CC1CCN(C(=O)C(C#N)=C2SC(Cc3ccc(F)cc3)C(=O)N2c2ccccc2)CC1. The average molecular weight is 450 g/mol. The van der Waals surface area contributed by atoms with E-state index in [0.29, 0.717) is 36.1 Å². The van der Waals surface area contributed by atoms with Gasteiger partial charge in [-0.3, -0.25) is 14.5 Å². The maximum Gasteiger partial charge on any atom is 0.267 e. The summed E-state index contributed by atoms with van der Waals surface area (Å²) in [6.07, 6.45) is 2.19. The molecule has 32 heavy (non-hydrogen) atoms. The van der Waals surface area contributed by atoms with Crippen molar-refractivity contribution < 1.29 is 14.0 Å². The highest BCUT2D eigenvalue weighted by molar-refractivity contribution is 8.05. The van der Waals surface area contributed by atoms with Crippen molar-refractivity contribution in [3.63, 3.8) is 0 Å². The molecule has 7 heteroatoms. The first-order chi connectivity index (χ1) is 15.5. The van der Waals surface area contributed by atoms with E-state index in [0.717, 1.165) is 18.4 Å². The molecule has 0 aliphatic carbocycles. The molecule has 5 nitrogen and oxygen atoms in total. The number of halogens is 1. The molecule has 2 amide bonds. The van der Waals surface area contributed by atoms with E-state index in [4.69, 9.17) is 0 Å². The van der Waals surface area contributed by atoms with Gasteiger partial charge in [-0.2, -0.15) is 5.26 Å². The minimum absolute atomic E-state index is 0.00311. The second-order valence-corrected chi connectivity index (χ2v) is 9.40. The Kier molecular flexibility index (Phi) is 6.61. The van der Waals surface area contributed by atoms with Crippen molar-refractivity contribution in [2.24, 2.45) is 5.92 Å². The van der Waals surface area contributed by atoms with Crippen LogP contribution in [0.2, 0.25) is 0 Å². The molecule has 2 heterocycles. The Hall–Kier alpha value is -3.11. The van der Waals surface area contributed by atoms with E-state index in [1.165, 1.54) is 28.8 Å². The van der Waals surface area contributed by atoms with Crippen LogP contribution in [0.15, 0.2) is 65.2 Å². The summed E-state index contributed by atoms with van der Waals surface area (Å²) in [6.45, 7) is 3.39. The number of nitriles is 1. The average Bonchev–Trinajstić information content (AvgIpc) is 3.12. The van der Waals surface area contributed by atoms with Crippen molar-refractivity contribution in [1.82, 2.24) is 4.90 Å². The Morgan fingerprint density at radius 2 is 1.78 bits per heavy atom. The first-order valence-electron chi connectivity index (χ1n) is 10.7. The van der Waals surface area contributed by atoms with Gasteiger partial charge in [0, 0.05) is 18.8 Å². The molecule has 1 atom stereocenters. The number of thioether (sulfide) groups is 1. The van der Waals surface area contributed by atoms with Gasteiger partial charge in [-0.15, -0.1) is 0 Å². The molecule has 2 aromatic rings. The summed E-state index contributed by atoms with van der Waals surface area (Å²) in [5.74, 6) is -0.286. The third kappa shape index (κ3) is 4.56. The lowest BCUT2D eigenvalue weighted by molar-refractivity contribution is -0.128. The molecule has 0 saturated carbocycles. The second-order valence-electron chi connectivity index (χ2n) is 8.21. The van der Waals surface area contributed by atoms with Crippen LogP contribution < -0.4 is 4.90 Å². The normalized spacial score (nSPS) is 20.9. The molecule has 2 saturated heterocycles. The highest BCUT2D eigenvalue weighted by Crippen LogP contribution is 2.42. The lowest BCUT2D eigenvalue weighted by atomic mass is 9.99. The zero-order chi connectivity index (χ0) is 22.7. The van der Waals surface area contributed by atoms with Gasteiger partial charge in [0.1, 0.15) is 22.5 Å². The molecule has 2 fully saturated rings. The van der Waals surface area contributed by atoms with Gasteiger partial charge in [0.25, 0.3) is 5.91 Å². The van der Waals surface area contributed by atoms with Gasteiger partial charge in [-0.05, 0) is 55.0 Å². The van der Waals surface area contributed by atoms with Gasteiger partial charge >= 0.3 is 0 Å².